The number of carbonyl (C=O) groups is 1. The number of amides is 1. The molecule has 1 aromatic rings. The number of primary amides is 1. The molecule has 4 heteroatoms. The highest BCUT2D eigenvalue weighted by Crippen LogP contribution is 2.24. The molecule has 74 valence electrons. The van der Waals surface area contributed by atoms with Crippen LogP contribution in [0.3, 0.4) is 0 Å². The second kappa shape index (κ2) is 3.83. The summed E-state index contributed by atoms with van der Waals surface area (Å²) < 4.78 is 0. The molecule has 0 spiro atoms. The molecule has 0 aliphatic carbocycles. The molecule has 0 saturated carbocycles. The Hall–Kier alpha value is -1.97. The Bertz CT molecular complexity index is 396. The summed E-state index contributed by atoms with van der Waals surface area (Å²) in [6, 6.07) is 4.11. The van der Waals surface area contributed by atoms with Crippen LogP contribution in [0.1, 0.15) is 12.5 Å². The van der Waals surface area contributed by atoms with E-state index >= 15 is 0 Å². The van der Waals surface area contributed by atoms with Gasteiger partial charge in [0.25, 0.3) is 0 Å². The molecule has 1 aromatic carbocycles. The second-order valence-corrected chi connectivity index (χ2v) is 2.93. The average Bonchev–Trinajstić information content (AvgIpc) is 2.09. The zero-order chi connectivity index (χ0) is 10.7. The lowest BCUT2D eigenvalue weighted by molar-refractivity contribution is -0.114. The predicted molar refractivity (Wildman–Crippen MR) is 52.6 cm³/mol. The summed E-state index contributed by atoms with van der Waals surface area (Å²) in [6.07, 6.45) is 1.46. The maximum Gasteiger partial charge on any atom is 0.244 e. The number of phenols is 2. The second-order valence-electron chi connectivity index (χ2n) is 2.93. The Kier molecular flexibility index (Phi) is 2.76. The molecule has 0 aliphatic heterocycles. The highest BCUT2D eigenvalue weighted by atomic mass is 16.3. The lowest BCUT2D eigenvalue weighted by Crippen LogP contribution is -2.11. The fraction of sp³-hybridized carbons (Fsp3) is 0.100. The van der Waals surface area contributed by atoms with Crippen molar-refractivity contribution in [3.05, 3.63) is 29.3 Å². The number of nitrogens with two attached hydrogens (primary N) is 1. The van der Waals surface area contributed by atoms with E-state index in [1.54, 1.807) is 6.92 Å². The Morgan fingerprint density at radius 1 is 1.43 bits per heavy atom. The number of benzene rings is 1. The quantitative estimate of drug-likeness (QED) is 0.612. The lowest BCUT2D eigenvalue weighted by Gasteiger charge is -2.00. The van der Waals surface area contributed by atoms with Crippen LogP contribution in [0, 0.1) is 0 Å². The highest BCUT2D eigenvalue weighted by molar-refractivity contribution is 5.96. The molecule has 4 nitrogen and oxygen atoms in total. The van der Waals surface area contributed by atoms with Crippen LogP contribution in [0.25, 0.3) is 6.08 Å². The smallest absolute Gasteiger partial charge is 0.244 e. The van der Waals surface area contributed by atoms with Gasteiger partial charge in [-0.15, -0.1) is 0 Å². The Morgan fingerprint density at radius 3 is 2.57 bits per heavy atom. The van der Waals surface area contributed by atoms with Gasteiger partial charge < -0.3 is 15.9 Å². The van der Waals surface area contributed by atoms with E-state index in [1.165, 1.54) is 24.3 Å². The van der Waals surface area contributed by atoms with E-state index in [4.69, 9.17) is 10.8 Å². The van der Waals surface area contributed by atoms with E-state index in [9.17, 15) is 9.90 Å². The molecular weight excluding hydrogens is 182 g/mol. The summed E-state index contributed by atoms with van der Waals surface area (Å²) in [4.78, 5) is 10.7. The molecule has 0 aromatic heterocycles. The molecule has 0 unspecified atom stereocenters. The normalized spacial score (nSPS) is 11.4. The number of carbonyl (C=O) groups excluding carboxylic acids is 1. The molecule has 0 bridgehead atoms. The van der Waals surface area contributed by atoms with Gasteiger partial charge in [0.05, 0.1) is 0 Å². The molecule has 14 heavy (non-hydrogen) atoms. The van der Waals surface area contributed by atoms with Gasteiger partial charge in [0.15, 0.2) is 0 Å². The SMILES string of the molecule is C/C(=C\c1ccc(O)cc1O)C(N)=O. The minimum atomic E-state index is -0.544. The van der Waals surface area contributed by atoms with Gasteiger partial charge >= 0.3 is 0 Å². The van der Waals surface area contributed by atoms with Crippen molar-refractivity contribution >= 4 is 12.0 Å². The van der Waals surface area contributed by atoms with Crippen LogP contribution in [-0.2, 0) is 4.79 Å². The monoisotopic (exact) mass is 193 g/mol. The van der Waals surface area contributed by atoms with Crippen LogP contribution in [0.2, 0.25) is 0 Å². The third-order valence-electron chi connectivity index (χ3n) is 1.77. The van der Waals surface area contributed by atoms with Gasteiger partial charge in [0, 0.05) is 17.2 Å². The molecule has 1 rings (SSSR count). The number of hydrogen-bond donors (Lipinski definition) is 3. The Morgan fingerprint density at radius 2 is 2.07 bits per heavy atom. The van der Waals surface area contributed by atoms with Gasteiger partial charge in [-0.05, 0) is 25.1 Å². The molecule has 1 amide bonds. The van der Waals surface area contributed by atoms with Crippen LogP contribution in [0.4, 0.5) is 0 Å². The van der Waals surface area contributed by atoms with Crippen molar-refractivity contribution in [2.24, 2.45) is 5.73 Å². The van der Waals surface area contributed by atoms with E-state index in [0.717, 1.165) is 0 Å². The van der Waals surface area contributed by atoms with Gasteiger partial charge in [0.2, 0.25) is 5.91 Å². The topological polar surface area (TPSA) is 83.6 Å². The largest absolute Gasteiger partial charge is 0.508 e. The molecule has 0 fully saturated rings. The highest BCUT2D eigenvalue weighted by Gasteiger charge is 2.02. The fourth-order valence-corrected chi connectivity index (χ4v) is 0.958. The first-order valence-corrected chi connectivity index (χ1v) is 4.01. The van der Waals surface area contributed by atoms with Crippen molar-refractivity contribution in [3.8, 4) is 11.5 Å². The number of aromatic hydroxyl groups is 2. The average molecular weight is 193 g/mol. The summed E-state index contributed by atoms with van der Waals surface area (Å²) in [5.74, 6) is -0.667. The van der Waals surface area contributed by atoms with Crippen LogP contribution in [0.5, 0.6) is 11.5 Å². The summed E-state index contributed by atoms with van der Waals surface area (Å²) in [7, 11) is 0. The van der Waals surface area contributed by atoms with Gasteiger partial charge in [-0.2, -0.15) is 0 Å². The number of rotatable bonds is 2. The first kappa shape index (κ1) is 10.1. The van der Waals surface area contributed by atoms with Gasteiger partial charge in [-0.3, -0.25) is 4.79 Å². The summed E-state index contributed by atoms with van der Waals surface area (Å²) >= 11 is 0. The van der Waals surface area contributed by atoms with E-state index in [-0.39, 0.29) is 11.5 Å². The summed E-state index contributed by atoms with van der Waals surface area (Å²) in [5.41, 5.74) is 5.81. The minimum absolute atomic E-state index is 0.0311. The minimum Gasteiger partial charge on any atom is -0.508 e. The Balaban J connectivity index is 3.09. The van der Waals surface area contributed by atoms with Gasteiger partial charge in [-0.25, -0.2) is 0 Å². The first-order valence-electron chi connectivity index (χ1n) is 4.01. The van der Waals surface area contributed by atoms with E-state index in [2.05, 4.69) is 0 Å². The summed E-state index contributed by atoms with van der Waals surface area (Å²) in [5, 5.41) is 18.4. The van der Waals surface area contributed by atoms with Crippen LogP contribution >= 0.6 is 0 Å². The zero-order valence-electron chi connectivity index (χ0n) is 7.69. The van der Waals surface area contributed by atoms with Crippen molar-refractivity contribution in [2.75, 3.05) is 0 Å². The maximum absolute atomic E-state index is 10.7. The molecule has 0 radical (unpaired) electrons. The molecule has 0 aliphatic rings. The zero-order valence-corrected chi connectivity index (χ0v) is 7.69. The van der Waals surface area contributed by atoms with Crippen molar-refractivity contribution < 1.29 is 15.0 Å². The lowest BCUT2D eigenvalue weighted by atomic mass is 10.1. The predicted octanol–water partition coefficient (Wildman–Crippen LogP) is 0.986. The van der Waals surface area contributed by atoms with Gasteiger partial charge in [-0.1, -0.05) is 0 Å². The number of phenolic OH excluding ortho intramolecular Hbond substituents is 2. The van der Waals surface area contributed by atoms with Crippen LogP contribution < -0.4 is 5.73 Å². The van der Waals surface area contributed by atoms with Crippen molar-refractivity contribution in [1.29, 1.82) is 0 Å². The molecule has 4 N–H and O–H groups in total. The van der Waals surface area contributed by atoms with E-state index in [0.29, 0.717) is 11.1 Å². The standard InChI is InChI=1S/C10H11NO3/c1-6(10(11)14)4-7-2-3-8(12)5-9(7)13/h2-5,12-13H,1H3,(H2,11,14)/b6-4+. The van der Waals surface area contributed by atoms with E-state index < -0.39 is 5.91 Å². The fourth-order valence-electron chi connectivity index (χ4n) is 0.958. The summed E-state index contributed by atoms with van der Waals surface area (Å²) in [6.45, 7) is 1.55. The van der Waals surface area contributed by atoms with E-state index in [1.807, 2.05) is 0 Å². The first-order chi connectivity index (χ1) is 6.50. The van der Waals surface area contributed by atoms with Crippen molar-refractivity contribution in [3.63, 3.8) is 0 Å². The van der Waals surface area contributed by atoms with Crippen molar-refractivity contribution in [1.82, 2.24) is 0 Å². The van der Waals surface area contributed by atoms with Crippen molar-refractivity contribution in [2.45, 2.75) is 6.92 Å². The Labute approximate surface area is 81.3 Å². The maximum atomic E-state index is 10.7. The van der Waals surface area contributed by atoms with Crippen LogP contribution in [0.15, 0.2) is 23.8 Å². The third-order valence-corrected chi connectivity index (χ3v) is 1.77. The molecule has 0 saturated heterocycles. The van der Waals surface area contributed by atoms with Gasteiger partial charge in [0.1, 0.15) is 11.5 Å². The molecular formula is C10H11NO3. The number of hydrogen-bond acceptors (Lipinski definition) is 3. The molecule has 0 atom stereocenters. The van der Waals surface area contributed by atoms with Crippen LogP contribution in [-0.4, -0.2) is 16.1 Å². The third kappa shape index (κ3) is 2.26. The molecule has 0 heterocycles.